The number of nitrogens with one attached hydrogen (secondary N) is 5. The van der Waals surface area contributed by atoms with Crippen LogP contribution >= 0.6 is 11.6 Å². The van der Waals surface area contributed by atoms with Gasteiger partial charge in [-0.05, 0) is 69.6 Å². The number of amides is 5. The lowest BCUT2D eigenvalue weighted by Crippen LogP contribution is -2.48. The van der Waals surface area contributed by atoms with Crippen LogP contribution in [0.2, 0.25) is 5.15 Å². The molecule has 47 heavy (non-hydrogen) atoms. The number of carbonyl (C=O) groups excluding carboxylic acids is 3. The lowest BCUT2D eigenvalue weighted by atomic mass is 9.91. The number of nitrogens with zero attached hydrogens (tertiary/aromatic N) is 3. The fourth-order valence-corrected chi connectivity index (χ4v) is 4.92. The van der Waals surface area contributed by atoms with Crippen LogP contribution in [0.3, 0.4) is 0 Å². The lowest BCUT2D eigenvalue weighted by molar-refractivity contribution is 0.0972. The van der Waals surface area contributed by atoms with E-state index in [4.69, 9.17) is 38.3 Å². The minimum atomic E-state index is -0.677. The van der Waals surface area contributed by atoms with E-state index in [-0.39, 0.29) is 52.6 Å². The van der Waals surface area contributed by atoms with Gasteiger partial charge in [0.1, 0.15) is 12.4 Å². The first-order chi connectivity index (χ1) is 22.6. The summed E-state index contributed by atoms with van der Waals surface area (Å²) < 4.78 is 11.3. The van der Waals surface area contributed by atoms with Crippen LogP contribution in [0.4, 0.5) is 21.2 Å². The number of hydrogen-bond acceptors (Lipinski definition) is 10. The average molecular weight is 676 g/mol. The number of aromatic nitrogens is 2. The molecule has 258 valence electrons. The zero-order chi connectivity index (χ0) is 34.0. The van der Waals surface area contributed by atoms with Gasteiger partial charge in [-0.2, -0.15) is 0 Å². The minimum Gasteiger partial charge on any atom is -0.491 e. The molecule has 1 aromatic heterocycles. The van der Waals surface area contributed by atoms with Crippen molar-refractivity contribution in [3.8, 4) is 5.75 Å². The molecule has 0 bridgehead atoms. The maximum atomic E-state index is 12.3. The molecule has 16 nitrogen and oxygen atoms in total. The Morgan fingerprint density at radius 1 is 0.915 bits per heavy atom. The van der Waals surface area contributed by atoms with Crippen molar-refractivity contribution in [2.75, 3.05) is 50.9 Å². The number of urea groups is 2. The summed E-state index contributed by atoms with van der Waals surface area (Å²) >= 11 is 5.81. The highest BCUT2D eigenvalue weighted by atomic mass is 35.5. The molecule has 0 aliphatic heterocycles. The Labute approximate surface area is 279 Å². The van der Waals surface area contributed by atoms with Crippen molar-refractivity contribution in [2.24, 2.45) is 10.7 Å². The first-order valence-electron chi connectivity index (χ1n) is 15.7. The minimum absolute atomic E-state index is 0.0604. The molecule has 17 heteroatoms. The van der Waals surface area contributed by atoms with E-state index in [0.717, 1.165) is 56.3 Å². The number of nitrogens with two attached hydrogens (primary N) is 3. The van der Waals surface area contributed by atoms with Crippen molar-refractivity contribution < 1.29 is 23.9 Å². The Balaban J connectivity index is 1.19. The number of benzene rings is 1. The fraction of sp³-hybridized carbons (Fsp3) is 0.533. The molecule has 3 rings (SSSR count). The van der Waals surface area contributed by atoms with Crippen LogP contribution in [0, 0.1) is 0 Å². The highest BCUT2D eigenvalue weighted by Crippen LogP contribution is 2.19. The van der Waals surface area contributed by atoms with E-state index in [1.807, 2.05) is 31.2 Å². The maximum absolute atomic E-state index is 12.3. The van der Waals surface area contributed by atoms with Gasteiger partial charge in [0.05, 0.1) is 13.2 Å². The van der Waals surface area contributed by atoms with Crippen molar-refractivity contribution in [1.82, 2.24) is 36.6 Å². The van der Waals surface area contributed by atoms with E-state index in [1.54, 1.807) is 0 Å². The number of rotatable bonds is 16. The summed E-state index contributed by atoms with van der Waals surface area (Å²) in [5.74, 6) is -0.225. The zero-order valence-corrected chi connectivity index (χ0v) is 27.4. The molecule has 1 aliphatic rings. The van der Waals surface area contributed by atoms with E-state index in [9.17, 15) is 14.4 Å². The van der Waals surface area contributed by atoms with Gasteiger partial charge < -0.3 is 47.9 Å². The van der Waals surface area contributed by atoms with Crippen molar-refractivity contribution >= 4 is 47.2 Å². The molecule has 2 aromatic rings. The summed E-state index contributed by atoms with van der Waals surface area (Å²) in [6.07, 6.45) is 5.79. The lowest BCUT2D eigenvalue weighted by Gasteiger charge is -2.29. The van der Waals surface area contributed by atoms with Crippen LogP contribution in [-0.2, 0) is 11.2 Å². The largest absolute Gasteiger partial charge is 0.491 e. The normalized spacial score (nSPS) is 16.2. The number of guanidine groups is 1. The number of anilines is 2. The standard InChI is InChI=1S/C30H46ClN11O5/c1-2-35-29(44)38-20-8-10-21(11-9-20)39-30(45)37-15-16-46-17-18-47-22-12-6-19(7-13-22)5-3-4-14-36-28(34)42-27(43)23-25(32)41-26(33)24(31)40-23/h6-7,12-13,20-21H,2-5,8-11,14-18H2,1H3,(H4,32,33,41)(H2,35,38,44)(H2,37,39,45)(H3,34,36,42,43). The quantitative estimate of drug-likeness (QED) is 0.0726. The van der Waals surface area contributed by atoms with Crippen molar-refractivity contribution in [3.63, 3.8) is 0 Å². The number of aryl methyl sites for hydroxylation is 1. The smallest absolute Gasteiger partial charge is 0.315 e. The molecule has 0 radical (unpaired) electrons. The van der Waals surface area contributed by atoms with Crippen molar-refractivity contribution in [1.29, 1.82) is 0 Å². The Bertz CT molecular complexity index is 1340. The van der Waals surface area contributed by atoms with Gasteiger partial charge in [-0.1, -0.05) is 23.7 Å². The third kappa shape index (κ3) is 13.8. The van der Waals surface area contributed by atoms with Crippen LogP contribution in [0.15, 0.2) is 29.3 Å². The summed E-state index contributed by atoms with van der Waals surface area (Å²) in [7, 11) is 0. The molecule has 1 aliphatic carbocycles. The van der Waals surface area contributed by atoms with Gasteiger partial charge in [0.15, 0.2) is 28.4 Å². The molecular weight excluding hydrogens is 630 g/mol. The molecule has 0 atom stereocenters. The van der Waals surface area contributed by atoms with Crippen LogP contribution in [0.1, 0.15) is 61.5 Å². The number of hydrogen-bond donors (Lipinski definition) is 8. The van der Waals surface area contributed by atoms with E-state index >= 15 is 0 Å². The number of halogens is 1. The topological polar surface area (TPSA) is 246 Å². The van der Waals surface area contributed by atoms with Gasteiger partial charge in [-0.15, -0.1) is 0 Å². The first kappa shape index (κ1) is 36.9. The van der Waals surface area contributed by atoms with Crippen LogP contribution in [0.25, 0.3) is 0 Å². The number of unbranched alkanes of at least 4 members (excludes halogenated alkanes) is 1. The Kier molecular flexibility index (Phi) is 15.6. The average Bonchev–Trinajstić information content (AvgIpc) is 3.03. The summed E-state index contributed by atoms with van der Waals surface area (Å²) in [5.41, 5.74) is 18.0. The highest BCUT2D eigenvalue weighted by Gasteiger charge is 2.23. The van der Waals surface area contributed by atoms with Crippen LogP contribution in [0.5, 0.6) is 5.75 Å². The molecule has 1 aromatic carbocycles. The number of aliphatic imine (C=N–C) groups is 1. The van der Waals surface area contributed by atoms with Gasteiger partial charge in [0.25, 0.3) is 5.91 Å². The van der Waals surface area contributed by atoms with Crippen molar-refractivity contribution in [3.05, 3.63) is 40.7 Å². The number of nitrogen functional groups attached to an aromatic ring is 2. The summed E-state index contributed by atoms with van der Waals surface area (Å²) in [4.78, 5) is 47.9. The number of carbonyl (C=O) groups is 3. The van der Waals surface area contributed by atoms with Gasteiger partial charge in [0.2, 0.25) is 0 Å². The summed E-state index contributed by atoms with van der Waals surface area (Å²) in [6.45, 7) is 4.46. The highest BCUT2D eigenvalue weighted by molar-refractivity contribution is 6.31. The summed E-state index contributed by atoms with van der Waals surface area (Å²) in [5, 5.41) is 13.8. The molecule has 1 heterocycles. The molecular formula is C30H46ClN11O5. The van der Waals surface area contributed by atoms with Gasteiger partial charge in [0, 0.05) is 31.7 Å². The molecule has 11 N–H and O–H groups in total. The Morgan fingerprint density at radius 2 is 1.57 bits per heavy atom. The zero-order valence-electron chi connectivity index (χ0n) is 26.6. The monoisotopic (exact) mass is 675 g/mol. The molecule has 0 spiro atoms. The third-order valence-corrected chi connectivity index (χ3v) is 7.48. The molecule has 0 unspecified atom stereocenters. The predicted octanol–water partition coefficient (Wildman–Crippen LogP) is 1.69. The molecule has 1 saturated carbocycles. The van der Waals surface area contributed by atoms with E-state index in [0.29, 0.717) is 39.5 Å². The molecule has 1 fully saturated rings. The van der Waals surface area contributed by atoms with E-state index in [2.05, 4.69) is 41.5 Å². The summed E-state index contributed by atoms with van der Waals surface area (Å²) in [6, 6.07) is 7.72. The SMILES string of the molecule is CCNC(=O)NC1CCC(NC(=O)NCCOCCOc2ccc(CCCCN=C(N)NC(=O)c3nc(Cl)c(N)nc3N)cc2)CC1. The van der Waals surface area contributed by atoms with Crippen LogP contribution in [-0.4, -0.2) is 85.4 Å². The Morgan fingerprint density at radius 3 is 2.23 bits per heavy atom. The molecule has 5 amide bonds. The fourth-order valence-electron chi connectivity index (χ4n) is 4.79. The second kappa shape index (κ2) is 19.8. The van der Waals surface area contributed by atoms with Gasteiger partial charge >= 0.3 is 12.1 Å². The Hall–Kier alpha value is -4.57. The van der Waals surface area contributed by atoms with Gasteiger partial charge in [-0.3, -0.25) is 15.1 Å². The van der Waals surface area contributed by atoms with Crippen LogP contribution < -0.4 is 48.5 Å². The number of ether oxygens (including phenoxy) is 2. The third-order valence-electron chi connectivity index (χ3n) is 7.20. The maximum Gasteiger partial charge on any atom is 0.315 e. The molecule has 0 saturated heterocycles. The predicted molar refractivity (Wildman–Crippen MR) is 180 cm³/mol. The van der Waals surface area contributed by atoms with E-state index < -0.39 is 5.91 Å². The second-order valence-electron chi connectivity index (χ2n) is 10.9. The van der Waals surface area contributed by atoms with Gasteiger partial charge in [-0.25, -0.2) is 19.6 Å². The first-order valence-corrected chi connectivity index (χ1v) is 16.1. The second-order valence-corrected chi connectivity index (χ2v) is 11.2. The van der Waals surface area contributed by atoms with E-state index in [1.165, 1.54) is 0 Å². The van der Waals surface area contributed by atoms with Crippen molar-refractivity contribution in [2.45, 2.75) is 64.0 Å².